The molecule has 0 heterocycles. The largest absolute Gasteiger partial charge is 0.460 e. The van der Waals surface area contributed by atoms with Crippen molar-refractivity contribution < 1.29 is 14.3 Å². The maximum Gasteiger partial charge on any atom is 0.340 e. The van der Waals surface area contributed by atoms with Gasteiger partial charge in [-0.1, -0.05) is 11.6 Å². The molecule has 0 bridgehead atoms. The Morgan fingerprint density at radius 1 is 1.47 bits per heavy atom. The van der Waals surface area contributed by atoms with Crippen LogP contribution in [0.2, 0.25) is 5.02 Å². The van der Waals surface area contributed by atoms with E-state index in [0.717, 1.165) is 0 Å². The summed E-state index contributed by atoms with van der Waals surface area (Å²) in [6.45, 7) is 0.549. The zero-order valence-electron chi connectivity index (χ0n) is 8.33. The lowest BCUT2D eigenvalue weighted by Crippen LogP contribution is -2.11. The first-order valence-electron chi connectivity index (χ1n) is 4.36. The maximum absolute atomic E-state index is 11.5. The number of benzene rings is 1. The molecule has 0 amide bonds. The quantitative estimate of drug-likeness (QED) is 0.485. The first-order valence-corrected chi connectivity index (χ1v) is 4.74. The van der Waals surface area contributed by atoms with Crippen molar-refractivity contribution in [1.82, 2.24) is 0 Å². The highest BCUT2D eigenvalue weighted by Gasteiger charge is 2.11. The molecule has 15 heavy (non-hydrogen) atoms. The SMILES string of the molecule is COCCOC(=O)c1cc(Cl)ccc1N. The summed E-state index contributed by atoms with van der Waals surface area (Å²) < 4.78 is 9.65. The van der Waals surface area contributed by atoms with Gasteiger partial charge in [0.2, 0.25) is 0 Å². The number of nitrogen functional groups attached to an aromatic ring is 1. The smallest absolute Gasteiger partial charge is 0.340 e. The van der Waals surface area contributed by atoms with E-state index in [1.54, 1.807) is 12.1 Å². The highest BCUT2D eigenvalue weighted by atomic mass is 35.5. The number of hydrogen-bond acceptors (Lipinski definition) is 4. The Morgan fingerprint density at radius 3 is 2.87 bits per heavy atom. The molecule has 0 spiro atoms. The summed E-state index contributed by atoms with van der Waals surface area (Å²) in [5.74, 6) is -0.493. The van der Waals surface area contributed by atoms with E-state index < -0.39 is 5.97 Å². The third-order valence-corrected chi connectivity index (χ3v) is 1.99. The van der Waals surface area contributed by atoms with E-state index in [-0.39, 0.29) is 12.2 Å². The van der Waals surface area contributed by atoms with Gasteiger partial charge >= 0.3 is 5.97 Å². The fraction of sp³-hybridized carbons (Fsp3) is 0.300. The topological polar surface area (TPSA) is 61.5 Å². The van der Waals surface area contributed by atoms with Crippen LogP contribution < -0.4 is 5.73 Å². The van der Waals surface area contributed by atoms with E-state index in [9.17, 15) is 4.79 Å². The van der Waals surface area contributed by atoms with Gasteiger partial charge in [0, 0.05) is 17.8 Å². The number of methoxy groups -OCH3 is 1. The van der Waals surface area contributed by atoms with Crippen molar-refractivity contribution in [3.8, 4) is 0 Å². The first-order chi connectivity index (χ1) is 7.15. The second kappa shape index (κ2) is 5.58. The minimum absolute atomic E-state index is 0.196. The molecule has 1 aromatic carbocycles. The van der Waals surface area contributed by atoms with Gasteiger partial charge in [0.25, 0.3) is 0 Å². The molecular weight excluding hydrogens is 218 g/mol. The Hall–Kier alpha value is -1.26. The van der Waals surface area contributed by atoms with Gasteiger partial charge in [0.05, 0.1) is 12.2 Å². The summed E-state index contributed by atoms with van der Waals surface area (Å²) in [6.07, 6.45) is 0. The number of carbonyl (C=O) groups excluding carboxylic acids is 1. The number of halogens is 1. The molecule has 1 aromatic rings. The van der Waals surface area contributed by atoms with Crippen LogP contribution in [0.5, 0.6) is 0 Å². The van der Waals surface area contributed by atoms with Crippen molar-refractivity contribution >= 4 is 23.3 Å². The van der Waals surface area contributed by atoms with Crippen molar-refractivity contribution in [3.05, 3.63) is 28.8 Å². The minimum atomic E-state index is -0.493. The highest BCUT2D eigenvalue weighted by Crippen LogP contribution is 2.18. The standard InChI is InChI=1S/C10H12ClNO3/c1-14-4-5-15-10(13)8-6-7(11)2-3-9(8)12/h2-3,6H,4-5,12H2,1H3. The molecule has 2 N–H and O–H groups in total. The van der Waals surface area contributed by atoms with Crippen LogP contribution in [-0.2, 0) is 9.47 Å². The number of esters is 1. The van der Waals surface area contributed by atoms with Crippen LogP contribution in [0.4, 0.5) is 5.69 Å². The molecule has 1 rings (SSSR count). The van der Waals surface area contributed by atoms with E-state index in [4.69, 9.17) is 26.8 Å². The fourth-order valence-corrected chi connectivity index (χ4v) is 1.17. The summed E-state index contributed by atoms with van der Waals surface area (Å²) in [6, 6.07) is 4.66. The number of ether oxygens (including phenoxy) is 2. The monoisotopic (exact) mass is 229 g/mol. The van der Waals surface area contributed by atoms with Gasteiger partial charge < -0.3 is 15.2 Å². The zero-order chi connectivity index (χ0) is 11.3. The van der Waals surface area contributed by atoms with Crippen LogP contribution in [0.25, 0.3) is 0 Å². The molecule has 0 atom stereocenters. The summed E-state index contributed by atoms with van der Waals surface area (Å²) in [4.78, 5) is 11.5. The van der Waals surface area contributed by atoms with Crippen LogP contribution in [0, 0.1) is 0 Å². The molecule has 5 heteroatoms. The number of carbonyl (C=O) groups is 1. The molecule has 0 aromatic heterocycles. The number of anilines is 1. The second-order valence-electron chi connectivity index (χ2n) is 2.86. The number of hydrogen-bond donors (Lipinski definition) is 1. The Bertz CT molecular complexity index is 355. The minimum Gasteiger partial charge on any atom is -0.460 e. The summed E-state index contributed by atoms with van der Waals surface area (Å²) in [5, 5.41) is 0.447. The fourth-order valence-electron chi connectivity index (χ4n) is 1.00. The Balaban J connectivity index is 2.68. The molecule has 0 aliphatic rings. The van der Waals surface area contributed by atoms with Gasteiger partial charge in [-0.05, 0) is 18.2 Å². The lowest BCUT2D eigenvalue weighted by molar-refractivity contribution is 0.0389. The molecule has 0 saturated carbocycles. The van der Waals surface area contributed by atoms with Crippen molar-refractivity contribution in [2.75, 3.05) is 26.1 Å². The van der Waals surface area contributed by atoms with Gasteiger partial charge in [-0.15, -0.1) is 0 Å². The van der Waals surface area contributed by atoms with Crippen LogP contribution >= 0.6 is 11.6 Å². The average molecular weight is 230 g/mol. The summed E-state index contributed by atoms with van der Waals surface area (Å²) >= 11 is 5.73. The van der Waals surface area contributed by atoms with Gasteiger partial charge in [-0.3, -0.25) is 0 Å². The Labute approximate surface area is 92.9 Å². The predicted molar refractivity (Wildman–Crippen MR) is 58.0 cm³/mol. The highest BCUT2D eigenvalue weighted by molar-refractivity contribution is 6.31. The van der Waals surface area contributed by atoms with Crippen molar-refractivity contribution in [2.45, 2.75) is 0 Å². The summed E-state index contributed by atoms with van der Waals surface area (Å²) in [5.41, 5.74) is 6.23. The van der Waals surface area contributed by atoms with Crippen LogP contribution in [0.15, 0.2) is 18.2 Å². The van der Waals surface area contributed by atoms with Crippen LogP contribution in [0.3, 0.4) is 0 Å². The van der Waals surface area contributed by atoms with E-state index in [0.29, 0.717) is 17.3 Å². The molecule has 82 valence electrons. The predicted octanol–water partition coefficient (Wildman–Crippen LogP) is 1.73. The van der Waals surface area contributed by atoms with Gasteiger partial charge in [0.15, 0.2) is 0 Å². The second-order valence-corrected chi connectivity index (χ2v) is 3.30. The van der Waals surface area contributed by atoms with E-state index >= 15 is 0 Å². The van der Waals surface area contributed by atoms with Crippen LogP contribution in [0.1, 0.15) is 10.4 Å². The molecule has 0 radical (unpaired) electrons. The van der Waals surface area contributed by atoms with E-state index in [2.05, 4.69) is 0 Å². The van der Waals surface area contributed by atoms with Gasteiger partial charge in [0.1, 0.15) is 6.61 Å². The molecule has 0 aliphatic carbocycles. The molecule has 0 fully saturated rings. The molecule has 0 unspecified atom stereocenters. The Morgan fingerprint density at radius 2 is 2.20 bits per heavy atom. The molecule has 0 saturated heterocycles. The van der Waals surface area contributed by atoms with Gasteiger partial charge in [-0.2, -0.15) is 0 Å². The first kappa shape index (κ1) is 11.8. The normalized spacial score (nSPS) is 10.0. The number of nitrogens with two attached hydrogens (primary N) is 1. The molecule has 4 nitrogen and oxygen atoms in total. The van der Waals surface area contributed by atoms with Crippen molar-refractivity contribution in [1.29, 1.82) is 0 Å². The Kier molecular flexibility index (Phi) is 4.39. The lowest BCUT2D eigenvalue weighted by atomic mass is 10.2. The lowest BCUT2D eigenvalue weighted by Gasteiger charge is -2.06. The van der Waals surface area contributed by atoms with Crippen molar-refractivity contribution in [2.24, 2.45) is 0 Å². The van der Waals surface area contributed by atoms with E-state index in [1.807, 2.05) is 0 Å². The van der Waals surface area contributed by atoms with Gasteiger partial charge in [-0.25, -0.2) is 4.79 Å². The third-order valence-electron chi connectivity index (χ3n) is 1.76. The molecular formula is C10H12ClNO3. The zero-order valence-corrected chi connectivity index (χ0v) is 9.08. The van der Waals surface area contributed by atoms with Crippen LogP contribution in [-0.4, -0.2) is 26.3 Å². The number of rotatable bonds is 4. The van der Waals surface area contributed by atoms with E-state index in [1.165, 1.54) is 13.2 Å². The summed E-state index contributed by atoms with van der Waals surface area (Å²) in [7, 11) is 1.53. The molecule has 0 aliphatic heterocycles. The average Bonchev–Trinajstić information content (AvgIpc) is 2.22. The maximum atomic E-state index is 11.5. The third kappa shape index (κ3) is 3.42. The van der Waals surface area contributed by atoms with Crippen molar-refractivity contribution in [3.63, 3.8) is 0 Å².